The van der Waals surface area contributed by atoms with Gasteiger partial charge >= 0.3 is 8.80 Å². The molecule has 0 amide bonds. The zero-order chi connectivity index (χ0) is 61.1. The molecule has 0 atom stereocenters. The van der Waals surface area contributed by atoms with E-state index >= 15 is 0 Å². The summed E-state index contributed by atoms with van der Waals surface area (Å²) in [7, 11) is -1.09. The van der Waals surface area contributed by atoms with E-state index in [2.05, 4.69) is 55.6 Å². The highest BCUT2D eigenvalue weighted by Crippen LogP contribution is 2.43. The lowest BCUT2D eigenvalue weighted by atomic mass is 9.85. The van der Waals surface area contributed by atoms with Crippen LogP contribution < -0.4 is 0 Å². The first-order valence-electron chi connectivity index (χ1n) is 40.4. The van der Waals surface area contributed by atoms with Crippen molar-refractivity contribution in [1.82, 2.24) is 0 Å². The van der Waals surface area contributed by atoms with Gasteiger partial charge in [-0.2, -0.15) is 0 Å². The molecule has 0 aliphatic rings. The van der Waals surface area contributed by atoms with E-state index in [0.29, 0.717) is 0 Å². The van der Waals surface area contributed by atoms with Crippen LogP contribution in [0.15, 0.2) is 0 Å². The predicted molar refractivity (Wildman–Crippen MR) is 383 cm³/mol. The summed E-state index contributed by atoms with van der Waals surface area (Å²) in [5.74, 6) is 0. The third kappa shape index (κ3) is 55.0. The standard InChI is InChI=1S/C80H164O3Si/c1-9-16-23-30-37-44-51-58-65-72-79(73-66-59-52-45-38-31-24-17-10-2,74-67-60-53-46-39-32-25-18-11-3)82-84(81-8,78-71-64-57-50-43-36-29-22-15-7)83-80(75-68-61-54-47-40-33-26-19-12-4,76-69-62-55-48-41-34-27-20-13-5)77-70-63-56-49-42-35-28-21-14-6/h9-78H2,1-8H3. The summed E-state index contributed by atoms with van der Waals surface area (Å²) < 4.78 is 24.3. The highest BCUT2D eigenvalue weighted by Gasteiger charge is 2.52. The van der Waals surface area contributed by atoms with Crippen LogP contribution in [0.3, 0.4) is 0 Å². The molecule has 0 aliphatic carbocycles. The largest absolute Gasteiger partial charge is 0.501 e. The maximum Gasteiger partial charge on any atom is 0.501 e. The van der Waals surface area contributed by atoms with E-state index in [1.54, 1.807) is 0 Å². The fraction of sp³-hybridized carbons (Fsp3) is 1.00. The average molecular weight is 1200 g/mol. The Balaban J connectivity index is 7.50. The van der Waals surface area contributed by atoms with Crippen LogP contribution in [-0.2, 0) is 13.3 Å². The van der Waals surface area contributed by atoms with Crippen LogP contribution in [0.5, 0.6) is 0 Å². The van der Waals surface area contributed by atoms with Crippen LogP contribution in [-0.4, -0.2) is 27.1 Å². The second-order valence-electron chi connectivity index (χ2n) is 28.5. The Morgan fingerprint density at radius 2 is 0.310 bits per heavy atom. The minimum absolute atomic E-state index is 0.149. The molecule has 0 unspecified atom stereocenters. The zero-order valence-electron chi connectivity index (χ0n) is 60.2. The molecule has 0 bridgehead atoms. The van der Waals surface area contributed by atoms with Crippen molar-refractivity contribution in [3.63, 3.8) is 0 Å². The molecule has 0 spiro atoms. The third-order valence-electron chi connectivity index (χ3n) is 20.1. The fourth-order valence-electron chi connectivity index (χ4n) is 14.2. The van der Waals surface area contributed by atoms with E-state index in [4.69, 9.17) is 13.3 Å². The molecule has 0 radical (unpaired) electrons. The van der Waals surface area contributed by atoms with Crippen molar-refractivity contribution >= 4 is 8.80 Å². The molecule has 0 aromatic rings. The molecule has 3 nitrogen and oxygen atoms in total. The molecule has 84 heavy (non-hydrogen) atoms. The molecule has 0 heterocycles. The maximum absolute atomic E-state index is 8.49. The van der Waals surface area contributed by atoms with Crippen LogP contribution in [0, 0.1) is 0 Å². The van der Waals surface area contributed by atoms with Gasteiger partial charge < -0.3 is 13.3 Å². The van der Waals surface area contributed by atoms with Gasteiger partial charge in [-0.25, -0.2) is 0 Å². The Labute approximate surface area is 535 Å². The summed E-state index contributed by atoms with van der Waals surface area (Å²) in [6.07, 6.45) is 94.2. The molecule has 0 saturated heterocycles. The number of rotatable bonds is 75. The van der Waals surface area contributed by atoms with Gasteiger partial charge in [0.2, 0.25) is 0 Å². The van der Waals surface area contributed by atoms with Crippen molar-refractivity contribution < 1.29 is 13.3 Å². The van der Waals surface area contributed by atoms with Gasteiger partial charge in [-0.1, -0.05) is 447 Å². The molecule has 0 saturated carbocycles. The molecule has 506 valence electrons. The van der Waals surface area contributed by atoms with E-state index < -0.39 is 8.80 Å². The molecule has 0 aromatic carbocycles. The maximum atomic E-state index is 8.49. The minimum Gasteiger partial charge on any atom is -0.377 e. The Morgan fingerprint density at radius 1 is 0.179 bits per heavy atom. The van der Waals surface area contributed by atoms with Gasteiger partial charge in [0.1, 0.15) is 0 Å². The number of hydrogen-bond donors (Lipinski definition) is 0. The first kappa shape index (κ1) is 84.1. The Hall–Kier alpha value is 0.0969. The lowest BCUT2D eigenvalue weighted by molar-refractivity contribution is -0.0935. The van der Waals surface area contributed by atoms with Crippen molar-refractivity contribution in [3.8, 4) is 0 Å². The molecule has 0 aliphatic heterocycles. The highest BCUT2D eigenvalue weighted by molar-refractivity contribution is 6.61. The predicted octanol–water partition coefficient (Wildman–Crippen LogP) is 30.1. The quantitative estimate of drug-likeness (QED) is 0.0449. The van der Waals surface area contributed by atoms with Crippen LogP contribution in [0.4, 0.5) is 0 Å². The van der Waals surface area contributed by atoms with E-state index in [0.717, 1.165) is 6.04 Å². The first-order valence-corrected chi connectivity index (χ1v) is 42.3. The van der Waals surface area contributed by atoms with E-state index in [-0.39, 0.29) is 11.2 Å². The topological polar surface area (TPSA) is 27.7 Å². The summed E-state index contributed by atoms with van der Waals surface area (Å²) in [5, 5.41) is 0. The summed E-state index contributed by atoms with van der Waals surface area (Å²) in [4.78, 5) is 0. The van der Waals surface area contributed by atoms with E-state index in [1.807, 2.05) is 0 Å². The smallest absolute Gasteiger partial charge is 0.377 e. The molecule has 0 aromatic heterocycles. The fourth-order valence-corrected chi connectivity index (χ4v) is 17.5. The lowest BCUT2D eigenvalue weighted by Gasteiger charge is -2.47. The monoisotopic (exact) mass is 1200 g/mol. The molecule has 0 N–H and O–H groups in total. The van der Waals surface area contributed by atoms with Crippen molar-refractivity contribution in [2.24, 2.45) is 0 Å². The zero-order valence-corrected chi connectivity index (χ0v) is 61.2. The van der Waals surface area contributed by atoms with Crippen molar-refractivity contribution in [2.75, 3.05) is 7.11 Å². The van der Waals surface area contributed by atoms with Gasteiger partial charge in [0.25, 0.3) is 0 Å². The summed E-state index contributed by atoms with van der Waals surface area (Å²) in [6.45, 7) is 16.5. The van der Waals surface area contributed by atoms with Crippen LogP contribution >= 0.6 is 0 Å². The molecule has 0 rings (SSSR count). The highest BCUT2D eigenvalue weighted by atomic mass is 28.4. The van der Waals surface area contributed by atoms with Gasteiger partial charge in [0.15, 0.2) is 0 Å². The van der Waals surface area contributed by atoms with Crippen molar-refractivity contribution in [3.05, 3.63) is 0 Å². The lowest BCUT2D eigenvalue weighted by Crippen LogP contribution is -2.57. The SMILES string of the molecule is CCCCCCCCCCCC(CCCCCCCCCCC)(CCCCCCCCCCC)O[Si](CCCCCCCCCCC)(OC)OC(CCCCCCCCCCC)(CCCCCCCCCCC)CCCCCCCCCCC. The second kappa shape index (κ2) is 67.5. The van der Waals surface area contributed by atoms with Gasteiger partial charge in [0.05, 0.1) is 11.2 Å². The van der Waals surface area contributed by atoms with Crippen molar-refractivity contribution in [1.29, 1.82) is 0 Å². The molecule has 4 heteroatoms. The van der Waals surface area contributed by atoms with Gasteiger partial charge in [0, 0.05) is 13.2 Å². The Kier molecular flexibility index (Phi) is 67.6. The second-order valence-corrected chi connectivity index (χ2v) is 31.2. The Morgan fingerprint density at radius 3 is 0.452 bits per heavy atom. The Bertz CT molecular complexity index is 1020. The van der Waals surface area contributed by atoms with Crippen LogP contribution in [0.1, 0.15) is 492 Å². The summed E-state index contributed by atoms with van der Waals surface area (Å²) >= 11 is 0. The van der Waals surface area contributed by atoms with Gasteiger partial charge in [-0.05, 0) is 44.9 Å². The number of unbranched alkanes of at least 4 members (excludes halogenated alkanes) is 56. The summed E-state index contributed by atoms with van der Waals surface area (Å²) in [5.41, 5.74) is -0.298. The van der Waals surface area contributed by atoms with Gasteiger partial charge in [-0.15, -0.1) is 0 Å². The van der Waals surface area contributed by atoms with Crippen LogP contribution in [0.2, 0.25) is 6.04 Å². The normalized spacial score (nSPS) is 12.4. The average Bonchev–Trinajstić information content (AvgIpc) is 2.28. The summed E-state index contributed by atoms with van der Waals surface area (Å²) in [6, 6.07) is 1.02. The van der Waals surface area contributed by atoms with Crippen molar-refractivity contribution in [2.45, 2.75) is 509 Å². The minimum atomic E-state index is -3.19. The van der Waals surface area contributed by atoms with Gasteiger partial charge in [-0.3, -0.25) is 0 Å². The molecule has 0 fully saturated rings. The number of hydrogen-bond acceptors (Lipinski definition) is 3. The van der Waals surface area contributed by atoms with E-state index in [1.165, 1.54) is 443 Å². The molecular formula is C80H164O3Si. The first-order chi connectivity index (χ1) is 41.4. The molecular weight excluding hydrogens is 1040 g/mol. The third-order valence-corrected chi connectivity index (χ3v) is 23.1. The van der Waals surface area contributed by atoms with Crippen LogP contribution in [0.25, 0.3) is 0 Å². The van der Waals surface area contributed by atoms with E-state index in [9.17, 15) is 0 Å².